The second-order valence-corrected chi connectivity index (χ2v) is 7.27. The van der Waals surface area contributed by atoms with Gasteiger partial charge in [-0.15, -0.1) is 0 Å². The molecule has 166 valence electrons. The Morgan fingerprint density at radius 2 is 1.59 bits per heavy atom. The number of ether oxygens (including phenoxy) is 1. The first kappa shape index (κ1) is 22.9. The van der Waals surface area contributed by atoms with E-state index in [2.05, 4.69) is 28.1 Å². The fraction of sp³-hybridized carbons (Fsp3) is 0.231. The van der Waals surface area contributed by atoms with Gasteiger partial charge < -0.3 is 20.7 Å². The topological polar surface area (TPSA) is 79.5 Å². The summed E-state index contributed by atoms with van der Waals surface area (Å²) in [6, 6.07) is 24.7. The van der Waals surface area contributed by atoms with E-state index in [1.807, 2.05) is 49.4 Å². The lowest BCUT2D eigenvalue weighted by Crippen LogP contribution is -2.23. The smallest absolute Gasteiger partial charge is 0.251 e. The molecule has 0 spiro atoms. The fourth-order valence-electron chi connectivity index (χ4n) is 3.19. The normalized spacial score (nSPS) is 10.3. The number of para-hydroxylation sites is 2. The van der Waals surface area contributed by atoms with E-state index in [1.165, 1.54) is 5.56 Å². The summed E-state index contributed by atoms with van der Waals surface area (Å²) in [7, 11) is 0. The highest BCUT2D eigenvalue weighted by Gasteiger charge is 2.08. The molecule has 3 rings (SSSR count). The lowest BCUT2D eigenvalue weighted by atomic mass is 10.1. The molecule has 0 saturated heterocycles. The van der Waals surface area contributed by atoms with Crippen LogP contribution in [0.1, 0.15) is 29.3 Å². The lowest BCUT2D eigenvalue weighted by molar-refractivity contribution is -0.114. The Labute approximate surface area is 189 Å². The van der Waals surface area contributed by atoms with Crippen molar-refractivity contribution in [1.29, 1.82) is 0 Å². The highest BCUT2D eigenvalue weighted by molar-refractivity contribution is 5.96. The van der Waals surface area contributed by atoms with Crippen LogP contribution in [0.4, 0.5) is 11.4 Å². The molecular weight excluding hydrogens is 402 g/mol. The Morgan fingerprint density at radius 3 is 2.34 bits per heavy atom. The van der Waals surface area contributed by atoms with Crippen LogP contribution in [0.3, 0.4) is 0 Å². The molecule has 0 radical (unpaired) electrons. The van der Waals surface area contributed by atoms with Gasteiger partial charge in [0.05, 0.1) is 18.8 Å². The molecule has 6 heteroatoms. The van der Waals surface area contributed by atoms with Gasteiger partial charge in [-0.05, 0) is 61.7 Å². The lowest BCUT2D eigenvalue weighted by Gasteiger charge is -2.13. The predicted molar refractivity (Wildman–Crippen MR) is 128 cm³/mol. The first-order valence-corrected chi connectivity index (χ1v) is 10.8. The summed E-state index contributed by atoms with van der Waals surface area (Å²) >= 11 is 0. The van der Waals surface area contributed by atoms with E-state index in [1.54, 1.807) is 24.3 Å². The Hall–Kier alpha value is -3.80. The summed E-state index contributed by atoms with van der Waals surface area (Å²) in [5.74, 6) is 0.404. The molecule has 2 amide bonds. The second-order valence-electron chi connectivity index (χ2n) is 7.27. The maximum Gasteiger partial charge on any atom is 0.251 e. The molecule has 0 saturated carbocycles. The number of nitrogens with one attached hydrogen (secondary N) is 3. The Morgan fingerprint density at radius 1 is 0.875 bits per heavy atom. The van der Waals surface area contributed by atoms with Crippen LogP contribution in [-0.2, 0) is 11.2 Å². The molecule has 0 aromatic heterocycles. The molecule has 6 nitrogen and oxygen atoms in total. The summed E-state index contributed by atoms with van der Waals surface area (Å²) in [5, 5.41) is 8.71. The average Bonchev–Trinajstić information content (AvgIpc) is 2.82. The molecule has 32 heavy (non-hydrogen) atoms. The third-order valence-corrected chi connectivity index (χ3v) is 4.80. The molecule has 3 aromatic rings. The highest BCUT2D eigenvalue weighted by atomic mass is 16.5. The van der Waals surface area contributed by atoms with Crippen molar-refractivity contribution >= 4 is 23.2 Å². The zero-order chi connectivity index (χ0) is 22.6. The Kier molecular flexibility index (Phi) is 8.69. The third kappa shape index (κ3) is 7.16. The van der Waals surface area contributed by atoms with E-state index in [9.17, 15) is 9.59 Å². The molecule has 0 heterocycles. The van der Waals surface area contributed by atoms with Gasteiger partial charge in [0.1, 0.15) is 5.75 Å². The number of aryl methyl sites for hydroxylation is 1. The van der Waals surface area contributed by atoms with E-state index in [0.29, 0.717) is 24.4 Å². The summed E-state index contributed by atoms with van der Waals surface area (Å²) in [6.45, 7) is 3.13. The number of anilines is 2. The third-order valence-electron chi connectivity index (χ3n) is 4.80. The maximum atomic E-state index is 12.3. The quantitative estimate of drug-likeness (QED) is 0.391. The number of carbonyl (C=O) groups is 2. The monoisotopic (exact) mass is 431 g/mol. The van der Waals surface area contributed by atoms with Gasteiger partial charge in [-0.3, -0.25) is 9.59 Å². The van der Waals surface area contributed by atoms with Gasteiger partial charge in [-0.1, -0.05) is 42.5 Å². The van der Waals surface area contributed by atoms with Gasteiger partial charge in [0.15, 0.2) is 0 Å². The van der Waals surface area contributed by atoms with Crippen LogP contribution in [0.2, 0.25) is 0 Å². The Bertz CT molecular complexity index is 1000. The number of amides is 2. The molecule has 0 unspecified atom stereocenters. The second kappa shape index (κ2) is 12.2. The molecule has 0 fully saturated rings. The number of rotatable bonds is 11. The van der Waals surface area contributed by atoms with E-state index in [0.717, 1.165) is 24.3 Å². The zero-order valence-corrected chi connectivity index (χ0v) is 18.3. The molecule has 0 aliphatic rings. The largest absolute Gasteiger partial charge is 0.491 e. The van der Waals surface area contributed by atoms with Gasteiger partial charge in [0.2, 0.25) is 5.91 Å². The van der Waals surface area contributed by atoms with Gasteiger partial charge >= 0.3 is 0 Å². The van der Waals surface area contributed by atoms with Gasteiger partial charge in [-0.2, -0.15) is 0 Å². The summed E-state index contributed by atoms with van der Waals surface area (Å²) < 4.78 is 5.93. The van der Waals surface area contributed by atoms with Gasteiger partial charge in [0, 0.05) is 17.8 Å². The van der Waals surface area contributed by atoms with Crippen molar-refractivity contribution in [1.82, 2.24) is 5.32 Å². The predicted octanol–water partition coefficient (Wildman–Crippen LogP) is 4.50. The zero-order valence-electron chi connectivity index (χ0n) is 18.3. The van der Waals surface area contributed by atoms with E-state index < -0.39 is 0 Å². The van der Waals surface area contributed by atoms with Crippen LogP contribution >= 0.6 is 0 Å². The Balaban J connectivity index is 1.45. The van der Waals surface area contributed by atoms with Crippen molar-refractivity contribution in [3.63, 3.8) is 0 Å². The van der Waals surface area contributed by atoms with E-state index in [-0.39, 0.29) is 18.4 Å². The summed E-state index contributed by atoms with van der Waals surface area (Å²) in [5.41, 5.74) is 3.25. The number of hydrogen-bond donors (Lipinski definition) is 3. The van der Waals surface area contributed by atoms with Crippen LogP contribution in [0.5, 0.6) is 5.75 Å². The van der Waals surface area contributed by atoms with Crippen LogP contribution in [0.15, 0.2) is 78.9 Å². The van der Waals surface area contributed by atoms with E-state index >= 15 is 0 Å². The van der Waals surface area contributed by atoms with Crippen LogP contribution in [0, 0.1) is 0 Å². The first-order valence-electron chi connectivity index (χ1n) is 10.8. The van der Waals surface area contributed by atoms with Crippen molar-refractivity contribution in [3.8, 4) is 5.75 Å². The minimum Gasteiger partial charge on any atom is -0.491 e. The molecule has 0 bridgehead atoms. The minimum atomic E-state index is -0.186. The van der Waals surface area contributed by atoms with Crippen molar-refractivity contribution < 1.29 is 14.3 Å². The number of benzene rings is 3. The van der Waals surface area contributed by atoms with Gasteiger partial charge in [-0.25, -0.2) is 0 Å². The fourth-order valence-corrected chi connectivity index (χ4v) is 3.19. The standard InChI is InChI=1S/C26H29N3O3/c1-2-27-26(31)21-14-16-22(17-15-21)29-25(30)19-28-23-12-6-7-13-24(23)32-18-8-11-20-9-4-3-5-10-20/h3-7,9-10,12-17,28H,2,8,11,18-19H2,1H3,(H,27,31)(H,29,30). The van der Waals surface area contributed by atoms with Crippen LogP contribution in [0.25, 0.3) is 0 Å². The van der Waals surface area contributed by atoms with Gasteiger partial charge in [0.25, 0.3) is 5.91 Å². The van der Waals surface area contributed by atoms with E-state index in [4.69, 9.17) is 4.74 Å². The molecule has 0 aliphatic heterocycles. The number of carbonyl (C=O) groups excluding carboxylic acids is 2. The summed E-state index contributed by atoms with van der Waals surface area (Å²) in [6.07, 6.45) is 1.86. The maximum absolute atomic E-state index is 12.3. The molecule has 3 aromatic carbocycles. The summed E-state index contributed by atoms with van der Waals surface area (Å²) in [4.78, 5) is 24.2. The first-order chi connectivity index (χ1) is 15.7. The molecule has 3 N–H and O–H groups in total. The van der Waals surface area contributed by atoms with Crippen molar-refractivity contribution in [2.75, 3.05) is 30.3 Å². The van der Waals surface area contributed by atoms with Crippen molar-refractivity contribution in [3.05, 3.63) is 90.0 Å². The minimum absolute atomic E-state index is 0.0997. The molecule has 0 aliphatic carbocycles. The number of hydrogen-bond acceptors (Lipinski definition) is 4. The highest BCUT2D eigenvalue weighted by Crippen LogP contribution is 2.24. The van der Waals surface area contributed by atoms with Crippen molar-refractivity contribution in [2.45, 2.75) is 19.8 Å². The average molecular weight is 432 g/mol. The molecule has 0 atom stereocenters. The van der Waals surface area contributed by atoms with Crippen LogP contribution < -0.4 is 20.7 Å². The van der Waals surface area contributed by atoms with Crippen molar-refractivity contribution in [2.24, 2.45) is 0 Å². The molecular formula is C26H29N3O3. The van der Waals surface area contributed by atoms with Crippen LogP contribution in [-0.4, -0.2) is 31.5 Å². The SMILES string of the molecule is CCNC(=O)c1ccc(NC(=O)CNc2ccccc2OCCCc2ccccc2)cc1.